The number of carbonyl (C=O) groups excluding carboxylic acids is 1. The number of nitrogens with zero attached hydrogens (tertiary/aromatic N) is 6. The van der Waals surface area contributed by atoms with E-state index in [2.05, 4.69) is 16.0 Å². The van der Waals surface area contributed by atoms with Crippen LogP contribution in [0.25, 0.3) is 5.65 Å². The number of anilines is 1. The van der Waals surface area contributed by atoms with Crippen LogP contribution in [0.4, 0.5) is 5.82 Å². The average molecular weight is 360 g/mol. The molecule has 0 spiro atoms. The van der Waals surface area contributed by atoms with Crippen LogP contribution in [0.3, 0.4) is 0 Å². The molecule has 1 aliphatic rings. The van der Waals surface area contributed by atoms with Crippen LogP contribution in [0, 0.1) is 11.3 Å². The minimum Gasteiger partial charge on any atom is -0.353 e. The Morgan fingerprint density at radius 3 is 2.70 bits per heavy atom. The lowest BCUT2D eigenvalue weighted by atomic mass is 10.2. The van der Waals surface area contributed by atoms with Gasteiger partial charge in [-0.05, 0) is 24.3 Å². The van der Waals surface area contributed by atoms with Gasteiger partial charge in [0.05, 0.1) is 11.6 Å². The molecule has 1 amide bonds. The molecule has 0 atom stereocenters. The summed E-state index contributed by atoms with van der Waals surface area (Å²) < 4.78 is 1.38. The maximum Gasteiger partial charge on any atom is 0.270 e. The Bertz CT molecular complexity index is 1110. The number of aromatic nitrogens is 3. The quantitative estimate of drug-likeness (QED) is 0.675. The van der Waals surface area contributed by atoms with E-state index in [0.717, 1.165) is 0 Å². The van der Waals surface area contributed by atoms with Gasteiger partial charge < -0.3 is 9.80 Å². The fraction of sp³-hybridized carbons (Fsp3) is 0.211. The maximum atomic E-state index is 12.8. The molecule has 0 bridgehead atoms. The number of rotatable bonds is 2. The van der Waals surface area contributed by atoms with Gasteiger partial charge in [-0.25, -0.2) is 9.97 Å². The molecular formula is C19H16N6O2. The molecule has 1 saturated heterocycles. The van der Waals surface area contributed by atoms with Crippen LogP contribution in [0.15, 0.2) is 53.7 Å². The zero-order valence-electron chi connectivity index (χ0n) is 14.4. The van der Waals surface area contributed by atoms with Gasteiger partial charge in [-0.1, -0.05) is 6.07 Å². The van der Waals surface area contributed by atoms with Crippen molar-refractivity contribution in [3.8, 4) is 6.07 Å². The van der Waals surface area contributed by atoms with Gasteiger partial charge in [0.1, 0.15) is 17.0 Å². The summed E-state index contributed by atoms with van der Waals surface area (Å²) in [5, 5.41) is 9.02. The second kappa shape index (κ2) is 6.88. The Balaban J connectivity index is 1.51. The first-order valence-electron chi connectivity index (χ1n) is 8.54. The number of amides is 1. The lowest BCUT2D eigenvalue weighted by Gasteiger charge is -2.35. The zero-order valence-corrected chi connectivity index (χ0v) is 14.4. The molecule has 0 aromatic carbocycles. The van der Waals surface area contributed by atoms with Gasteiger partial charge in [0.15, 0.2) is 0 Å². The highest BCUT2D eigenvalue weighted by atomic mass is 16.2. The van der Waals surface area contributed by atoms with Crippen LogP contribution in [-0.4, -0.2) is 51.4 Å². The van der Waals surface area contributed by atoms with Crippen LogP contribution < -0.4 is 10.5 Å². The summed E-state index contributed by atoms with van der Waals surface area (Å²) in [4.78, 5) is 37.6. The van der Waals surface area contributed by atoms with Gasteiger partial charge in [0.2, 0.25) is 0 Å². The van der Waals surface area contributed by atoms with Gasteiger partial charge in [-0.15, -0.1) is 0 Å². The molecule has 8 nitrogen and oxygen atoms in total. The topological polar surface area (TPSA) is 94.6 Å². The number of fused-ring (bicyclic) bond motifs is 1. The molecule has 3 aromatic rings. The molecular weight excluding hydrogens is 344 g/mol. The van der Waals surface area contributed by atoms with Crippen molar-refractivity contribution >= 4 is 17.4 Å². The van der Waals surface area contributed by atoms with Crippen molar-refractivity contribution in [3.63, 3.8) is 0 Å². The highest BCUT2D eigenvalue weighted by molar-refractivity contribution is 5.94. The standard InChI is InChI=1S/C19H16N6O2/c20-12-14-4-5-21-17(11-14)23-7-9-24(10-8-23)18(26)15-13-22-16-3-1-2-6-25(16)19(15)27/h1-6,11,13H,7-10H2. The largest absolute Gasteiger partial charge is 0.353 e. The van der Waals surface area contributed by atoms with E-state index in [1.807, 2.05) is 4.90 Å². The number of pyridine rings is 2. The molecule has 1 aliphatic heterocycles. The van der Waals surface area contributed by atoms with Gasteiger partial charge in [-0.2, -0.15) is 5.26 Å². The van der Waals surface area contributed by atoms with E-state index in [9.17, 15) is 9.59 Å². The summed E-state index contributed by atoms with van der Waals surface area (Å²) in [6.45, 7) is 2.09. The van der Waals surface area contributed by atoms with Crippen molar-refractivity contribution in [1.29, 1.82) is 5.26 Å². The minimum atomic E-state index is -0.364. The molecule has 4 rings (SSSR count). The third-order valence-electron chi connectivity index (χ3n) is 4.61. The summed E-state index contributed by atoms with van der Waals surface area (Å²) in [6.07, 6.45) is 4.56. The fourth-order valence-electron chi connectivity index (χ4n) is 3.14. The smallest absolute Gasteiger partial charge is 0.270 e. The summed E-state index contributed by atoms with van der Waals surface area (Å²) in [7, 11) is 0. The van der Waals surface area contributed by atoms with Gasteiger partial charge in [-0.3, -0.25) is 14.0 Å². The highest BCUT2D eigenvalue weighted by Crippen LogP contribution is 2.15. The summed E-state index contributed by atoms with van der Waals surface area (Å²) in [6, 6.07) is 10.7. The molecule has 3 aromatic heterocycles. The van der Waals surface area contributed by atoms with Crippen molar-refractivity contribution < 1.29 is 4.79 Å². The minimum absolute atomic E-state index is 0.0664. The van der Waals surface area contributed by atoms with E-state index in [1.54, 1.807) is 47.6 Å². The summed E-state index contributed by atoms with van der Waals surface area (Å²) in [5.41, 5.74) is 0.759. The summed E-state index contributed by atoms with van der Waals surface area (Å²) >= 11 is 0. The second-order valence-corrected chi connectivity index (χ2v) is 6.20. The lowest BCUT2D eigenvalue weighted by molar-refractivity contribution is 0.0744. The summed E-state index contributed by atoms with van der Waals surface area (Å²) in [5.74, 6) is 0.401. The predicted octanol–water partition coefficient (Wildman–Crippen LogP) is 0.924. The van der Waals surface area contributed by atoms with E-state index in [4.69, 9.17) is 5.26 Å². The molecule has 0 radical (unpaired) electrons. The van der Waals surface area contributed by atoms with Gasteiger partial charge in [0, 0.05) is 44.8 Å². The number of hydrogen-bond donors (Lipinski definition) is 0. The molecule has 4 heterocycles. The Morgan fingerprint density at radius 2 is 1.93 bits per heavy atom. The van der Waals surface area contributed by atoms with Gasteiger partial charge >= 0.3 is 0 Å². The van der Waals surface area contributed by atoms with Crippen LogP contribution in [0.5, 0.6) is 0 Å². The van der Waals surface area contributed by atoms with Crippen molar-refractivity contribution in [1.82, 2.24) is 19.3 Å². The second-order valence-electron chi connectivity index (χ2n) is 6.20. The molecule has 134 valence electrons. The SMILES string of the molecule is N#Cc1ccnc(N2CCN(C(=O)c3cnc4ccccn4c3=O)CC2)c1. The van der Waals surface area contributed by atoms with E-state index < -0.39 is 0 Å². The van der Waals surface area contributed by atoms with Crippen LogP contribution >= 0.6 is 0 Å². The third-order valence-corrected chi connectivity index (χ3v) is 4.61. The maximum absolute atomic E-state index is 12.8. The van der Waals surface area contributed by atoms with E-state index >= 15 is 0 Å². The van der Waals surface area contributed by atoms with E-state index in [-0.39, 0.29) is 17.0 Å². The Kier molecular flexibility index (Phi) is 4.26. The monoisotopic (exact) mass is 360 g/mol. The number of nitriles is 1. The van der Waals surface area contributed by atoms with Crippen molar-refractivity contribution in [3.05, 3.63) is 70.4 Å². The van der Waals surface area contributed by atoms with Crippen molar-refractivity contribution in [2.24, 2.45) is 0 Å². The molecule has 1 fully saturated rings. The first-order valence-corrected chi connectivity index (χ1v) is 8.54. The van der Waals surface area contributed by atoms with E-state index in [0.29, 0.717) is 43.2 Å². The first kappa shape index (κ1) is 16.7. The van der Waals surface area contributed by atoms with Crippen LogP contribution in [0.1, 0.15) is 15.9 Å². The average Bonchev–Trinajstić information content (AvgIpc) is 2.74. The Labute approximate surface area is 154 Å². The molecule has 0 N–H and O–H groups in total. The fourth-order valence-corrected chi connectivity index (χ4v) is 3.14. The van der Waals surface area contributed by atoms with Crippen LogP contribution in [-0.2, 0) is 0 Å². The Morgan fingerprint density at radius 1 is 1.11 bits per heavy atom. The molecule has 27 heavy (non-hydrogen) atoms. The normalized spacial score (nSPS) is 14.2. The third kappa shape index (κ3) is 3.11. The lowest BCUT2D eigenvalue weighted by Crippen LogP contribution is -2.50. The predicted molar refractivity (Wildman–Crippen MR) is 98.5 cm³/mol. The molecule has 0 saturated carbocycles. The first-order chi connectivity index (χ1) is 13.2. The van der Waals surface area contributed by atoms with Crippen LogP contribution in [0.2, 0.25) is 0 Å². The highest BCUT2D eigenvalue weighted by Gasteiger charge is 2.25. The molecule has 8 heteroatoms. The molecule has 0 unspecified atom stereocenters. The Hall–Kier alpha value is -3.73. The number of carbonyl (C=O) groups is 1. The molecule has 0 aliphatic carbocycles. The van der Waals surface area contributed by atoms with Crippen molar-refractivity contribution in [2.45, 2.75) is 0 Å². The number of piperazine rings is 1. The van der Waals surface area contributed by atoms with Crippen molar-refractivity contribution in [2.75, 3.05) is 31.1 Å². The van der Waals surface area contributed by atoms with E-state index in [1.165, 1.54) is 10.6 Å². The number of hydrogen-bond acceptors (Lipinski definition) is 6. The zero-order chi connectivity index (χ0) is 18.8. The van der Waals surface area contributed by atoms with Gasteiger partial charge in [0.25, 0.3) is 11.5 Å².